The topological polar surface area (TPSA) is 118 Å². The molecule has 174 valence electrons. The zero-order valence-electron chi connectivity index (χ0n) is 17.8. The SMILES string of the molecule is O=[N+]([O-])c1ccc(NCC(c2ccco2)N2CCCCC2)c(S(=O)(=O)N2CCOCC2)c1. The molecule has 4 rings (SSSR count). The fraction of sp³-hybridized carbons (Fsp3) is 0.524. The van der Waals surface area contributed by atoms with E-state index in [9.17, 15) is 18.5 Å². The molecule has 3 heterocycles. The summed E-state index contributed by atoms with van der Waals surface area (Å²) in [6, 6.07) is 7.62. The van der Waals surface area contributed by atoms with Crippen LogP contribution in [-0.2, 0) is 14.8 Å². The molecular formula is C21H28N4O6S. The molecule has 1 N–H and O–H groups in total. The number of nitro groups is 1. The van der Waals surface area contributed by atoms with E-state index in [1.807, 2.05) is 12.1 Å². The van der Waals surface area contributed by atoms with Crippen LogP contribution in [0.4, 0.5) is 11.4 Å². The average Bonchev–Trinajstić information content (AvgIpc) is 3.35. The van der Waals surface area contributed by atoms with Crippen LogP contribution < -0.4 is 5.32 Å². The molecule has 11 heteroatoms. The van der Waals surface area contributed by atoms with Crippen LogP contribution in [0.5, 0.6) is 0 Å². The standard InChI is InChI=1S/C21H28N4O6S/c26-25(27)17-6-7-18(21(15-17)32(28,29)24-10-13-30-14-11-24)22-16-19(20-5-4-12-31-20)23-8-2-1-3-9-23/h4-7,12,15,19,22H,1-3,8-11,13-14,16H2. The van der Waals surface area contributed by atoms with Gasteiger partial charge in [0.15, 0.2) is 0 Å². The van der Waals surface area contributed by atoms with Gasteiger partial charge in [-0.05, 0) is 44.1 Å². The first-order valence-corrected chi connectivity index (χ1v) is 12.3. The Labute approximate surface area is 187 Å². The number of sulfonamides is 1. The number of ether oxygens (including phenoxy) is 1. The van der Waals surface area contributed by atoms with Gasteiger partial charge in [0.05, 0.1) is 36.1 Å². The molecule has 32 heavy (non-hydrogen) atoms. The van der Waals surface area contributed by atoms with Crippen LogP contribution in [0.25, 0.3) is 0 Å². The maximum absolute atomic E-state index is 13.3. The van der Waals surface area contributed by atoms with Crippen LogP contribution in [0, 0.1) is 10.1 Å². The van der Waals surface area contributed by atoms with E-state index in [1.54, 1.807) is 6.26 Å². The molecule has 1 atom stereocenters. The molecule has 0 aliphatic carbocycles. The van der Waals surface area contributed by atoms with Gasteiger partial charge in [0, 0.05) is 31.8 Å². The van der Waals surface area contributed by atoms with Crippen molar-refractivity contribution in [2.45, 2.75) is 30.2 Å². The molecule has 2 saturated heterocycles. The number of hydrogen-bond acceptors (Lipinski definition) is 8. The van der Waals surface area contributed by atoms with Crippen molar-refractivity contribution < 1.29 is 22.5 Å². The molecule has 0 spiro atoms. The van der Waals surface area contributed by atoms with E-state index in [1.165, 1.54) is 22.9 Å². The quantitative estimate of drug-likeness (QED) is 0.468. The second-order valence-electron chi connectivity index (χ2n) is 7.96. The Balaban J connectivity index is 1.62. The third-order valence-corrected chi connectivity index (χ3v) is 7.89. The number of likely N-dealkylation sites (tertiary alicyclic amines) is 1. The van der Waals surface area contributed by atoms with Crippen molar-refractivity contribution in [3.8, 4) is 0 Å². The highest BCUT2D eigenvalue weighted by molar-refractivity contribution is 7.89. The highest BCUT2D eigenvalue weighted by atomic mass is 32.2. The molecular weight excluding hydrogens is 436 g/mol. The van der Waals surface area contributed by atoms with E-state index in [0.717, 1.165) is 37.8 Å². The summed E-state index contributed by atoms with van der Waals surface area (Å²) in [6.07, 6.45) is 5.03. The lowest BCUT2D eigenvalue weighted by Crippen LogP contribution is -2.41. The molecule has 2 aromatic rings. The minimum absolute atomic E-state index is 0.0700. The number of rotatable bonds is 8. The van der Waals surface area contributed by atoms with Gasteiger partial charge in [-0.15, -0.1) is 0 Å². The summed E-state index contributed by atoms with van der Waals surface area (Å²) in [5, 5.41) is 14.6. The molecule has 2 aliphatic heterocycles. The Morgan fingerprint density at radius 1 is 1.09 bits per heavy atom. The van der Waals surface area contributed by atoms with E-state index < -0.39 is 14.9 Å². The first-order valence-electron chi connectivity index (χ1n) is 10.8. The molecule has 2 fully saturated rings. The Hall–Kier alpha value is -2.47. The Morgan fingerprint density at radius 3 is 2.50 bits per heavy atom. The van der Waals surface area contributed by atoms with Crippen molar-refractivity contribution >= 4 is 21.4 Å². The van der Waals surface area contributed by atoms with Gasteiger partial charge in [-0.3, -0.25) is 15.0 Å². The van der Waals surface area contributed by atoms with Crippen molar-refractivity contribution in [3.05, 3.63) is 52.5 Å². The highest BCUT2D eigenvalue weighted by Gasteiger charge is 2.31. The van der Waals surface area contributed by atoms with Crippen molar-refractivity contribution in [2.24, 2.45) is 0 Å². The number of piperidine rings is 1. The first kappa shape index (κ1) is 22.7. The number of nitrogens with one attached hydrogen (secondary N) is 1. The zero-order chi connectivity index (χ0) is 22.6. The number of nitro benzene ring substituents is 1. The molecule has 1 unspecified atom stereocenters. The number of anilines is 1. The van der Waals surface area contributed by atoms with Crippen LogP contribution in [-0.4, -0.2) is 68.5 Å². The maximum atomic E-state index is 13.3. The summed E-state index contributed by atoms with van der Waals surface area (Å²) in [7, 11) is -3.93. The monoisotopic (exact) mass is 464 g/mol. The average molecular weight is 465 g/mol. The summed E-state index contributed by atoms with van der Waals surface area (Å²) in [4.78, 5) is 13.0. The minimum atomic E-state index is -3.93. The Kier molecular flexibility index (Phi) is 7.09. The second-order valence-corrected chi connectivity index (χ2v) is 9.87. The molecule has 0 amide bonds. The second kappa shape index (κ2) is 9.99. The van der Waals surface area contributed by atoms with E-state index in [-0.39, 0.29) is 29.7 Å². The summed E-state index contributed by atoms with van der Waals surface area (Å²) in [5.74, 6) is 0.805. The maximum Gasteiger partial charge on any atom is 0.270 e. The minimum Gasteiger partial charge on any atom is -0.468 e. The summed E-state index contributed by atoms with van der Waals surface area (Å²) in [5.41, 5.74) is 0.0802. The van der Waals surface area contributed by atoms with Gasteiger partial charge in [0.2, 0.25) is 10.0 Å². The van der Waals surface area contributed by atoms with Crippen LogP contribution in [0.3, 0.4) is 0 Å². The van der Waals surface area contributed by atoms with Crippen molar-refractivity contribution in [1.29, 1.82) is 0 Å². The summed E-state index contributed by atoms with van der Waals surface area (Å²) < 4.78 is 38.9. The van der Waals surface area contributed by atoms with Crippen molar-refractivity contribution in [3.63, 3.8) is 0 Å². The van der Waals surface area contributed by atoms with Crippen LogP contribution >= 0.6 is 0 Å². The van der Waals surface area contributed by atoms with Gasteiger partial charge in [0.1, 0.15) is 10.7 Å². The number of hydrogen-bond donors (Lipinski definition) is 1. The van der Waals surface area contributed by atoms with E-state index in [4.69, 9.17) is 9.15 Å². The van der Waals surface area contributed by atoms with Gasteiger partial charge in [-0.2, -0.15) is 4.31 Å². The number of nitrogens with zero attached hydrogens (tertiary/aromatic N) is 3. The van der Waals surface area contributed by atoms with Crippen molar-refractivity contribution in [2.75, 3.05) is 51.3 Å². The van der Waals surface area contributed by atoms with Gasteiger partial charge >= 0.3 is 0 Å². The third-order valence-electron chi connectivity index (χ3n) is 5.95. The van der Waals surface area contributed by atoms with Crippen molar-refractivity contribution in [1.82, 2.24) is 9.21 Å². The van der Waals surface area contributed by atoms with Crippen LogP contribution in [0.15, 0.2) is 45.9 Å². The first-order chi connectivity index (χ1) is 15.5. The van der Waals surface area contributed by atoms with Gasteiger partial charge < -0.3 is 14.5 Å². The van der Waals surface area contributed by atoms with Crippen LogP contribution in [0.2, 0.25) is 0 Å². The number of morpholine rings is 1. The van der Waals surface area contributed by atoms with E-state index >= 15 is 0 Å². The zero-order valence-corrected chi connectivity index (χ0v) is 18.6. The van der Waals surface area contributed by atoms with Gasteiger partial charge in [-0.1, -0.05) is 6.42 Å². The Bertz CT molecular complexity index is 1010. The smallest absolute Gasteiger partial charge is 0.270 e. The molecule has 10 nitrogen and oxygen atoms in total. The lowest BCUT2D eigenvalue weighted by atomic mass is 10.1. The molecule has 0 bridgehead atoms. The number of non-ortho nitro benzene ring substituents is 1. The van der Waals surface area contributed by atoms with Crippen LogP contribution in [0.1, 0.15) is 31.1 Å². The Morgan fingerprint density at radius 2 is 1.84 bits per heavy atom. The molecule has 2 aliphatic rings. The lowest BCUT2D eigenvalue weighted by Gasteiger charge is -2.34. The van der Waals surface area contributed by atoms with Gasteiger partial charge in [-0.25, -0.2) is 8.42 Å². The highest BCUT2D eigenvalue weighted by Crippen LogP contribution is 2.31. The lowest BCUT2D eigenvalue weighted by molar-refractivity contribution is -0.385. The summed E-state index contributed by atoms with van der Waals surface area (Å²) in [6.45, 7) is 3.31. The molecule has 0 radical (unpaired) electrons. The van der Waals surface area contributed by atoms with E-state index in [0.29, 0.717) is 25.4 Å². The number of benzene rings is 1. The molecule has 1 aromatic heterocycles. The normalized spacial score (nSPS) is 19.5. The molecule has 1 aromatic carbocycles. The van der Waals surface area contributed by atoms with Gasteiger partial charge in [0.25, 0.3) is 5.69 Å². The number of furan rings is 1. The summed E-state index contributed by atoms with van der Waals surface area (Å²) >= 11 is 0. The molecule has 0 saturated carbocycles. The largest absolute Gasteiger partial charge is 0.468 e. The third kappa shape index (κ3) is 4.96. The fourth-order valence-electron chi connectivity index (χ4n) is 4.24. The fourth-order valence-corrected chi connectivity index (χ4v) is 5.83. The van der Waals surface area contributed by atoms with E-state index in [2.05, 4.69) is 10.2 Å². The predicted octanol–water partition coefficient (Wildman–Crippen LogP) is 2.85. The predicted molar refractivity (Wildman–Crippen MR) is 118 cm³/mol.